The summed E-state index contributed by atoms with van der Waals surface area (Å²) in [6, 6.07) is 6.70. The number of rotatable bonds is 3. The molecule has 0 saturated carbocycles. The fraction of sp³-hybridized carbons (Fsp3) is 0.500. The molecule has 2 unspecified atom stereocenters. The topological polar surface area (TPSA) is 46.6 Å². The first-order valence-corrected chi connectivity index (χ1v) is 8.67. The zero-order valence-electron chi connectivity index (χ0n) is 10.4. The summed E-state index contributed by atoms with van der Waals surface area (Å²) in [4.78, 5) is 0.282. The lowest BCUT2D eigenvalue weighted by atomic mass is 10.3. The summed E-state index contributed by atoms with van der Waals surface area (Å²) in [5, 5.41) is 0. The maximum absolute atomic E-state index is 12.6. The lowest BCUT2D eigenvalue weighted by Gasteiger charge is -2.35. The number of halogens is 2. The number of ether oxygens (including phenoxy) is 1. The molecule has 1 aromatic rings. The Hall–Kier alpha value is -0.140. The molecule has 0 aromatic heterocycles. The molecule has 2 atom stereocenters. The molecule has 19 heavy (non-hydrogen) atoms. The monoisotopic (exact) mass is 367 g/mol. The second kappa shape index (κ2) is 6.10. The standard InChI is InChI=1S/C12H15BrClNO3S/c1-9-7-15(8-11(6-14)18-9)19(16,17)12-4-2-3-10(13)5-12/h2-5,9,11H,6-8H2,1H3. The highest BCUT2D eigenvalue weighted by Crippen LogP contribution is 2.23. The second-order valence-electron chi connectivity index (χ2n) is 4.50. The fourth-order valence-corrected chi connectivity index (χ4v) is 4.38. The van der Waals surface area contributed by atoms with Crippen molar-refractivity contribution in [1.29, 1.82) is 0 Å². The number of nitrogens with zero attached hydrogens (tertiary/aromatic N) is 1. The lowest BCUT2D eigenvalue weighted by molar-refractivity contribution is -0.0423. The summed E-state index contributed by atoms with van der Waals surface area (Å²) in [5.74, 6) is 0.287. The average molecular weight is 369 g/mol. The average Bonchev–Trinajstić information content (AvgIpc) is 2.38. The predicted octanol–water partition coefficient (Wildman–Crippen LogP) is 2.47. The molecule has 1 aliphatic heterocycles. The molecule has 1 aliphatic rings. The van der Waals surface area contributed by atoms with E-state index in [9.17, 15) is 8.42 Å². The van der Waals surface area contributed by atoms with Gasteiger partial charge in [-0.1, -0.05) is 22.0 Å². The fourth-order valence-electron chi connectivity index (χ4n) is 2.06. The Kier molecular flexibility index (Phi) is 4.89. The van der Waals surface area contributed by atoms with Crippen LogP contribution in [0.5, 0.6) is 0 Å². The Bertz CT molecular complexity index is 552. The third-order valence-corrected chi connectivity index (χ3v) is 5.56. The van der Waals surface area contributed by atoms with Crippen molar-refractivity contribution < 1.29 is 13.2 Å². The van der Waals surface area contributed by atoms with Crippen LogP contribution in [0.25, 0.3) is 0 Å². The number of hydrogen-bond acceptors (Lipinski definition) is 3. The molecule has 1 fully saturated rings. The van der Waals surface area contributed by atoms with Crippen LogP contribution in [0.3, 0.4) is 0 Å². The number of sulfonamides is 1. The summed E-state index contributed by atoms with van der Waals surface area (Å²) in [5.41, 5.74) is 0. The van der Waals surface area contributed by atoms with Crippen LogP contribution in [-0.4, -0.2) is 43.9 Å². The molecule has 2 rings (SSSR count). The minimum absolute atomic E-state index is 0.153. The number of hydrogen-bond donors (Lipinski definition) is 0. The first-order valence-electron chi connectivity index (χ1n) is 5.90. The summed E-state index contributed by atoms with van der Waals surface area (Å²) in [6.45, 7) is 2.49. The van der Waals surface area contributed by atoms with Crippen molar-refractivity contribution in [3.63, 3.8) is 0 Å². The van der Waals surface area contributed by atoms with Gasteiger partial charge in [-0.3, -0.25) is 0 Å². The molecule has 0 spiro atoms. The molecule has 0 aliphatic carbocycles. The van der Waals surface area contributed by atoms with E-state index in [2.05, 4.69) is 15.9 Å². The van der Waals surface area contributed by atoms with Gasteiger partial charge in [-0.2, -0.15) is 4.31 Å². The second-order valence-corrected chi connectivity index (χ2v) is 7.66. The molecule has 1 saturated heterocycles. The van der Waals surface area contributed by atoms with E-state index in [1.54, 1.807) is 24.3 Å². The molecule has 0 N–H and O–H groups in total. The van der Waals surface area contributed by atoms with Gasteiger partial charge >= 0.3 is 0 Å². The summed E-state index contributed by atoms with van der Waals surface area (Å²) in [6.07, 6.45) is -0.410. The van der Waals surface area contributed by atoms with Gasteiger partial charge < -0.3 is 4.74 Å². The highest BCUT2D eigenvalue weighted by Gasteiger charge is 2.33. The Labute approximate surface area is 126 Å². The van der Waals surface area contributed by atoms with E-state index in [-0.39, 0.29) is 23.0 Å². The number of alkyl halides is 1. The first-order chi connectivity index (χ1) is 8.93. The SMILES string of the molecule is CC1CN(S(=O)(=O)c2cccc(Br)c2)CC(CCl)O1. The minimum Gasteiger partial charge on any atom is -0.371 e. The first kappa shape index (κ1) is 15.3. The maximum atomic E-state index is 12.6. The normalized spacial score (nSPS) is 25.4. The third-order valence-electron chi connectivity index (χ3n) is 2.90. The van der Waals surface area contributed by atoms with Crippen LogP contribution in [0.15, 0.2) is 33.6 Å². The molecule has 0 amide bonds. The highest BCUT2D eigenvalue weighted by molar-refractivity contribution is 9.10. The van der Waals surface area contributed by atoms with Crippen molar-refractivity contribution >= 4 is 37.6 Å². The van der Waals surface area contributed by atoms with Gasteiger partial charge in [0.1, 0.15) is 0 Å². The molecule has 0 radical (unpaired) electrons. The third kappa shape index (κ3) is 3.49. The van der Waals surface area contributed by atoms with Gasteiger partial charge in [-0.05, 0) is 25.1 Å². The Morgan fingerprint density at radius 1 is 1.47 bits per heavy atom. The number of benzene rings is 1. The zero-order chi connectivity index (χ0) is 14.0. The Morgan fingerprint density at radius 2 is 2.21 bits per heavy atom. The molecule has 1 aromatic carbocycles. The molecule has 0 bridgehead atoms. The van der Waals surface area contributed by atoms with Crippen molar-refractivity contribution in [3.05, 3.63) is 28.7 Å². The molecule has 4 nitrogen and oxygen atoms in total. The minimum atomic E-state index is -3.50. The van der Waals surface area contributed by atoms with Crippen LogP contribution >= 0.6 is 27.5 Å². The van der Waals surface area contributed by atoms with Gasteiger partial charge in [0.05, 0.1) is 17.1 Å². The van der Waals surface area contributed by atoms with Crippen LogP contribution < -0.4 is 0 Å². The van der Waals surface area contributed by atoms with Gasteiger partial charge in [-0.15, -0.1) is 11.6 Å². The van der Waals surface area contributed by atoms with Gasteiger partial charge in [-0.25, -0.2) is 8.42 Å². The largest absolute Gasteiger partial charge is 0.371 e. The van der Waals surface area contributed by atoms with Crippen molar-refractivity contribution in [1.82, 2.24) is 4.31 Å². The van der Waals surface area contributed by atoms with Crippen LogP contribution in [-0.2, 0) is 14.8 Å². The molecule has 106 valence electrons. The maximum Gasteiger partial charge on any atom is 0.243 e. The van der Waals surface area contributed by atoms with E-state index in [4.69, 9.17) is 16.3 Å². The molecular formula is C12H15BrClNO3S. The zero-order valence-corrected chi connectivity index (χ0v) is 13.6. The van der Waals surface area contributed by atoms with Crippen molar-refractivity contribution in [2.45, 2.75) is 24.0 Å². The van der Waals surface area contributed by atoms with E-state index in [0.29, 0.717) is 13.1 Å². The van der Waals surface area contributed by atoms with Crippen molar-refractivity contribution in [2.24, 2.45) is 0 Å². The van der Waals surface area contributed by atoms with E-state index in [0.717, 1.165) is 4.47 Å². The molecule has 1 heterocycles. The van der Waals surface area contributed by atoms with Crippen molar-refractivity contribution in [2.75, 3.05) is 19.0 Å². The van der Waals surface area contributed by atoms with Crippen molar-refractivity contribution in [3.8, 4) is 0 Å². The van der Waals surface area contributed by atoms with Gasteiger partial charge in [0.2, 0.25) is 10.0 Å². The quantitative estimate of drug-likeness (QED) is 0.770. The summed E-state index contributed by atoms with van der Waals surface area (Å²) < 4.78 is 32.9. The lowest BCUT2D eigenvalue weighted by Crippen LogP contribution is -2.49. The van der Waals surface area contributed by atoms with E-state index in [1.807, 2.05) is 6.92 Å². The van der Waals surface area contributed by atoms with E-state index < -0.39 is 10.0 Å². The predicted molar refractivity (Wildman–Crippen MR) is 78.0 cm³/mol. The Morgan fingerprint density at radius 3 is 2.84 bits per heavy atom. The molecular weight excluding hydrogens is 354 g/mol. The highest BCUT2D eigenvalue weighted by atomic mass is 79.9. The summed E-state index contributed by atoms with van der Waals surface area (Å²) in [7, 11) is -3.50. The number of morpholine rings is 1. The smallest absolute Gasteiger partial charge is 0.243 e. The van der Waals surface area contributed by atoms with E-state index >= 15 is 0 Å². The van der Waals surface area contributed by atoms with Gasteiger partial charge in [0, 0.05) is 23.4 Å². The van der Waals surface area contributed by atoms with Crippen LogP contribution in [0.1, 0.15) is 6.92 Å². The van der Waals surface area contributed by atoms with Gasteiger partial charge in [0.15, 0.2) is 0 Å². The van der Waals surface area contributed by atoms with Gasteiger partial charge in [0.25, 0.3) is 0 Å². The van der Waals surface area contributed by atoms with E-state index in [1.165, 1.54) is 4.31 Å². The van der Waals surface area contributed by atoms with Crippen LogP contribution in [0.2, 0.25) is 0 Å². The molecule has 7 heteroatoms. The van der Waals surface area contributed by atoms with Crippen LogP contribution in [0, 0.1) is 0 Å². The van der Waals surface area contributed by atoms with Crippen LogP contribution in [0.4, 0.5) is 0 Å². The summed E-state index contributed by atoms with van der Waals surface area (Å²) >= 11 is 9.07. The Balaban J connectivity index is 2.29.